The topological polar surface area (TPSA) is 26.3 Å². The van der Waals surface area contributed by atoms with Crippen LogP contribution in [0.25, 0.3) is 76.6 Å². The summed E-state index contributed by atoms with van der Waals surface area (Å²) in [4.78, 5) is 0. The fourth-order valence-electron chi connectivity index (χ4n) is 9.49. The molecule has 8 heterocycles. The number of aromatic nitrogens is 4. The number of nitrogens with zero attached hydrogens (tertiary/aromatic N) is 4. The molecule has 5 heteroatoms. The number of rotatable bonds is 0. The Morgan fingerprint density at radius 1 is 0.543 bits per heavy atom. The zero-order valence-electron chi connectivity index (χ0n) is 24.4. The highest BCUT2D eigenvalue weighted by atomic mass is 16.5. The summed E-state index contributed by atoms with van der Waals surface area (Å²) in [5, 5.41) is 8.73. The molecule has 0 aliphatic carbocycles. The second-order valence-corrected chi connectivity index (χ2v) is 13.0. The first-order chi connectivity index (χ1) is 22.8. The Balaban J connectivity index is 1.39. The van der Waals surface area contributed by atoms with E-state index < -0.39 is 5.66 Å². The largest absolute Gasteiger partial charge is 0.404 e. The molecule has 46 heavy (non-hydrogen) atoms. The Morgan fingerprint density at radius 2 is 1.30 bits per heavy atom. The van der Waals surface area contributed by atoms with Crippen molar-refractivity contribution < 1.29 is 13.9 Å². The van der Waals surface area contributed by atoms with Crippen LogP contribution in [0, 0.1) is 0 Å². The summed E-state index contributed by atoms with van der Waals surface area (Å²) in [6.45, 7) is 0. The lowest BCUT2D eigenvalue weighted by Crippen LogP contribution is -2.76. The Labute approximate surface area is 260 Å². The van der Waals surface area contributed by atoms with Gasteiger partial charge >= 0.3 is 11.5 Å². The maximum Gasteiger partial charge on any atom is 0.378 e. The Bertz CT molecular complexity index is 3130. The molecule has 1 unspecified atom stereocenters. The number of para-hydroxylation sites is 2. The van der Waals surface area contributed by atoms with Crippen LogP contribution in [0.2, 0.25) is 0 Å². The average Bonchev–Trinajstić information content (AvgIpc) is 3.74. The van der Waals surface area contributed by atoms with Crippen LogP contribution in [-0.4, -0.2) is 8.97 Å². The van der Waals surface area contributed by atoms with Gasteiger partial charge in [-0.15, -0.1) is 4.57 Å². The maximum absolute atomic E-state index is 6.96. The minimum atomic E-state index is -0.698. The normalized spacial score (nSPS) is 17.0. The monoisotopic (exact) mass is 586 g/mol. The molecule has 10 aromatic rings. The van der Waals surface area contributed by atoms with Crippen molar-refractivity contribution in [1.29, 1.82) is 0 Å². The van der Waals surface area contributed by atoms with Crippen molar-refractivity contribution in [2.24, 2.45) is 0 Å². The molecular weight excluding hydrogens is 564 g/mol. The minimum Gasteiger partial charge on any atom is -0.404 e. The van der Waals surface area contributed by atoms with E-state index in [1.165, 1.54) is 81.9 Å². The molecule has 210 valence electrons. The fraction of sp³-hybridized carbons (Fsp3) is 0.0244. The summed E-state index contributed by atoms with van der Waals surface area (Å²) in [6.07, 6.45) is 2.27. The van der Waals surface area contributed by atoms with Gasteiger partial charge in [-0.25, -0.2) is 0 Å². The summed E-state index contributed by atoms with van der Waals surface area (Å²) in [5.74, 6) is 2.90. The highest BCUT2D eigenvalue weighted by Crippen LogP contribution is 2.56. The number of benzene rings is 5. The van der Waals surface area contributed by atoms with Crippen molar-refractivity contribution in [3.05, 3.63) is 145 Å². The van der Waals surface area contributed by atoms with Crippen LogP contribution in [0.1, 0.15) is 11.1 Å². The molecule has 0 saturated heterocycles. The Morgan fingerprint density at radius 3 is 2.22 bits per heavy atom. The van der Waals surface area contributed by atoms with E-state index in [0.717, 1.165) is 17.4 Å². The molecule has 5 aromatic carbocycles. The van der Waals surface area contributed by atoms with Crippen LogP contribution >= 0.6 is 0 Å². The van der Waals surface area contributed by atoms with E-state index in [2.05, 4.69) is 152 Å². The lowest BCUT2D eigenvalue weighted by Gasteiger charge is -2.33. The molecule has 3 aliphatic rings. The van der Waals surface area contributed by atoms with E-state index in [1.54, 1.807) is 0 Å². The predicted molar refractivity (Wildman–Crippen MR) is 180 cm³/mol. The van der Waals surface area contributed by atoms with Crippen LogP contribution in [-0.2, 0) is 5.66 Å². The van der Waals surface area contributed by atoms with E-state index in [9.17, 15) is 0 Å². The smallest absolute Gasteiger partial charge is 0.378 e. The minimum absolute atomic E-state index is 0.698. The number of hydrogen-bond donors (Lipinski definition) is 0. The second kappa shape index (κ2) is 7.03. The van der Waals surface area contributed by atoms with Crippen LogP contribution in [0.5, 0.6) is 11.6 Å². The van der Waals surface area contributed by atoms with Gasteiger partial charge in [0.05, 0.1) is 28.7 Å². The van der Waals surface area contributed by atoms with E-state index in [0.29, 0.717) is 0 Å². The zero-order valence-corrected chi connectivity index (χ0v) is 24.4. The summed E-state index contributed by atoms with van der Waals surface area (Å²) in [6, 6.07) is 46.7. The first-order valence-corrected chi connectivity index (χ1v) is 15.9. The van der Waals surface area contributed by atoms with E-state index in [1.807, 2.05) is 0 Å². The first kappa shape index (κ1) is 22.3. The summed E-state index contributed by atoms with van der Waals surface area (Å²) < 4.78 is 17.0. The molecule has 0 bridgehead atoms. The molecule has 1 atom stereocenters. The summed E-state index contributed by atoms with van der Waals surface area (Å²) in [7, 11) is 0. The molecule has 0 N–H and O–H groups in total. The molecule has 5 aromatic heterocycles. The van der Waals surface area contributed by atoms with Crippen LogP contribution in [0.4, 0.5) is 0 Å². The zero-order chi connectivity index (χ0) is 29.5. The van der Waals surface area contributed by atoms with Crippen molar-refractivity contribution in [2.75, 3.05) is 0 Å². The van der Waals surface area contributed by atoms with Gasteiger partial charge in [-0.1, -0.05) is 60.7 Å². The average molecular weight is 587 g/mol. The van der Waals surface area contributed by atoms with Crippen LogP contribution < -0.4 is 13.9 Å². The molecule has 3 aliphatic heterocycles. The molecular formula is C41H22N4O+2. The van der Waals surface area contributed by atoms with Crippen molar-refractivity contribution in [3.63, 3.8) is 0 Å². The SMILES string of the molecule is c1cc[n+]2c(c1)-n1c3ccccc3c3ccc4c(c31)C21c2c3ccccc3n3c5cc6ccccc6cc5c5ccc([n+]1c5c23)O4. The van der Waals surface area contributed by atoms with Gasteiger partial charge in [0.1, 0.15) is 16.6 Å². The quantitative estimate of drug-likeness (QED) is 0.0999. The van der Waals surface area contributed by atoms with Crippen molar-refractivity contribution in [2.45, 2.75) is 5.66 Å². The third-order valence-corrected chi connectivity index (χ3v) is 11.0. The van der Waals surface area contributed by atoms with E-state index >= 15 is 0 Å². The van der Waals surface area contributed by atoms with Gasteiger partial charge < -0.3 is 9.14 Å². The van der Waals surface area contributed by atoms with Crippen LogP contribution in [0.3, 0.4) is 0 Å². The summed E-state index contributed by atoms with van der Waals surface area (Å²) in [5.41, 5.74) is 9.13. The Kier molecular flexibility index (Phi) is 3.41. The third-order valence-electron chi connectivity index (χ3n) is 11.0. The number of fused-ring (bicyclic) bond motifs is 12. The first-order valence-electron chi connectivity index (χ1n) is 15.9. The number of pyridine rings is 3. The van der Waals surface area contributed by atoms with Crippen molar-refractivity contribution in [3.8, 4) is 17.4 Å². The van der Waals surface area contributed by atoms with Crippen molar-refractivity contribution >= 4 is 70.8 Å². The summed E-state index contributed by atoms with van der Waals surface area (Å²) >= 11 is 0. The van der Waals surface area contributed by atoms with Gasteiger partial charge in [-0.05, 0) is 65.4 Å². The molecule has 1 spiro atoms. The molecule has 13 rings (SSSR count). The molecule has 5 nitrogen and oxygen atoms in total. The Hall–Kier alpha value is -6.20. The van der Waals surface area contributed by atoms with Gasteiger partial charge in [-0.3, -0.25) is 0 Å². The lowest BCUT2D eigenvalue weighted by molar-refractivity contribution is -0.958. The fourth-order valence-corrected chi connectivity index (χ4v) is 9.49. The lowest BCUT2D eigenvalue weighted by atomic mass is 9.86. The van der Waals surface area contributed by atoms with Crippen LogP contribution in [0.15, 0.2) is 134 Å². The molecule has 0 fully saturated rings. The van der Waals surface area contributed by atoms with E-state index in [4.69, 9.17) is 4.74 Å². The molecule has 0 amide bonds. The van der Waals surface area contributed by atoms with Gasteiger partial charge in [0.2, 0.25) is 5.52 Å². The van der Waals surface area contributed by atoms with Crippen molar-refractivity contribution in [1.82, 2.24) is 8.97 Å². The second-order valence-electron chi connectivity index (χ2n) is 13.0. The molecule has 0 saturated carbocycles. The number of ether oxygens (including phenoxy) is 1. The van der Waals surface area contributed by atoms with Gasteiger partial charge in [0, 0.05) is 27.6 Å². The highest BCUT2D eigenvalue weighted by molar-refractivity contribution is 6.19. The maximum atomic E-state index is 6.96. The third kappa shape index (κ3) is 2.11. The molecule has 0 radical (unpaired) electrons. The highest BCUT2D eigenvalue weighted by Gasteiger charge is 2.68. The van der Waals surface area contributed by atoms with E-state index in [-0.39, 0.29) is 0 Å². The predicted octanol–water partition coefficient (Wildman–Crippen LogP) is 8.25. The van der Waals surface area contributed by atoms with Gasteiger partial charge in [-0.2, -0.15) is 9.13 Å². The standard InChI is InChI=1S/C41H22N4O/c1-2-10-24-22-32-29(21-23(24)9-1)27-17-19-35-45-39(27)40-36(28-12-4-6-14-31(28)43(32)40)41(45)37-33(46-35)18-16-26-25-11-3-5-13-30(25)44(38(26)37)34-15-7-8-20-42(34)41/h1-22H/q+2. The number of hydrogen-bond acceptors (Lipinski definition) is 1. The van der Waals surface area contributed by atoms with Gasteiger partial charge in [0.15, 0.2) is 16.8 Å². The van der Waals surface area contributed by atoms with Gasteiger partial charge in [0.25, 0.3) is 5.82 Å².